The van der Waals surface area contributed by atoms with Crippen molar-refractivity contribution in [3.63, 3.8) is 0 Å². The third-order valence-corrected chi connectivity index (χ3v) is 3.87. The van der Waals surface area contributed by atoms with E-state index in [1.807, 2.05) is 12.1 Å². The number of nitrogens with zero attached hydrogens (tertiary/aromatic N) is 2. The fraction of sp³-hybridized carbons (Fsp3) is 0. The molecule has 0 radical (unpaired) electrons. The Kier molecular flexibility index (Phi) is 2.53. The molecule has 4 nitrogen and oxygen atoms in total. The first kappa shape index (κ1) is 10.6. The van der Waals surface area contributed by atoms with Crippen LogP contribution in [0.25, 0.3) is 11.0 Å². The number of hydrogen-bond donors (Lipinski definition) is 1. The number of ketones is 1. The molecule has 0 saturated heterocycles. The Hall–Kier alpha value is -1.53. The van der Waals surface area contributed by atoms with E-state index in [9.17, 15) is 4.79 Å². The summed E-state index contributed by atoms with van der Waals surface area (Å²) in [6, 6.07) is 3.69. The van der Waals surface area contributed by atoms with E-state index < -0.39 is 0 Å². The molecule has 6 heteroatoms. The highest BCUT2D eigenvalue weighted by molar-refractivity contribution is 9.11. The Morgan fingerprint density at radius 2 is 2.29 bits per heavy atom. The molecule has 0 bridgehead atoms. The lowest BCUT2D eigenvalue weighted by Crippen LogP contribution is -1.96. The lowest BCUT2D eigenvalue weighted by atomic mass is 10.1. The minimum absolute atomic E-state index is 0.0348. The number of pyridine rings is 1. The maximum atomic E-state index is 12.2. The maximum Gasteiger partial charge on any atom is 0.206 e. The predicted octanol–water partition coefficient (Wildman–Crippen LogP) is 3.01. The first-order chi connectivity index (χ1) is 8.25. The molecule has 0 fully saturated rings. The highest BCUT2D eigenvalue weighted by Gasteiger charge is 2.16. The first-order valence-electron chi connectivity index (χ1n) is 4.84. The van der Waals surface area contributed by atoms with Crippen LogP contribution in [0.5, 0.6) is 0 Å². The van der Waals surface area contributed by atoms with Gasteiger partial charge in [0.2, 0.25) is 5.78 Å². The van der Waals surface area contributed by atoms with Gasteiger partial charge in [-0.05, 0) is 28.1 Å². The normalized spacial score (nSPS) is 10.9. The lowest BCUT2D eigenvalue weighted by Gasteiger charge is -1.94. The fourth-order valence-electron chi connectivity index (χ4n) is 1.63. The van der Waals surface area contributed by atoms with Gasteiger partial charge < -0.3 is 4.98 Å². The second kappa shape index (κ2) is 4.05. The van der Waals surface area contributed by atoms with Crippen LogP contribution in [0, 0.1) is 0 Å². The summed E-state index contributed by atoms with van der Waals surface area (Å²) < 4.78 is 0.707. The van der Waals surface area contributed by atoms with Crippen LogP contribution in [0.3, 0.4) is 0 Å². The minimum atomic E-state index is -0.0348. The average Bonchev–Trinajstić information content (AvgIpc) is 2.94. The van der Waals surface area contributed by atoms with Gasteiger partial charge >= 0.3 is 0 Å². The van der Waals surface area contributed by atoms with Crippen LogP contribution < -0.4 is 0 Å². The molecule has 0 aliphatic carbocycles. The zero-order valence-electron chi connectivity index (χ0n) is 8.48. The number of hydrogen-bond acceptors (Lipinski definition) is 4. The van der Waals surface area contributed by atoms with E-state index >= 15 is 0 Å². The number of halogens is 1. The van der Waals surface area contributed by atoms with Crippen molar-refractivity contribution in [2.45, 2.75) is 0 Å². The van der Waals surface area contributed by atoms with Crippen LogP contribution in [0.2, 0.25) is 0 Å². The van der Waals surface area contributed by atoms with Crippen molar-refractivity contribution in [1.82, 2.24) is 15.0 Å². The largest absolute Gasteiger partial charge is 0.345 e. The Bertz CT molecular complexity index is 703. The summed E-state index contributed by atoms with van der Waals surface area (Å²) in [5, 5.41) is 0.835. The van der Waals surface area contributed by atoms with Crippen molar-refractivity contribution in [2.24, 2.45) is 0 Å². The van der Waals surface area contributed by atoms with Gasteiger partial charge in [0, 0.05) is 17.8 Å². The molecule has 3 heterocycles. The monoisotopic (exact) mass is 307 g/mol. The number of carbonyl (C=O) groups excluding carboxylic acids is 1. The Labute approximate surface area is 109 Å². The standard InChI is InChI=1S/C11H6BrN3OS/c12-11-15-5-8(17-11)9(16)7-4-14-10-6(7)2-1-3-13-10/h1-5H,(H,13,14). The van der Waals surface area contributed by atoms with Crippen LogP contribution in [-0.2, 0) is 0 Å². The van der Waals surface area contributed by atoms with Crippen molar-refractivity contribution in [2.75, 3.05) is 0 Å². The Morgan fingerprint density at radius 3 is 3.06 bits per heavy atom. The van der Waals surface area contributed by atoms with Gasteiger partial charge in [-0.15, -0.1) is 11.3 Å². The first-order valence-corrected chi connectivity index (χ1v) is 6.45. The predicted molar refractivity (Wildman–Crippen MR) is 69.3 cm³/mol. The number of thiazole rings is 1. The van der Waals surface area contributed by atoms with Gasteiger partial charge in [0.1, 0.15) is 5.65 Å². The summed E-state index contributed by atoms with van der Waals surface area (Å²) in [6.07, 6.45) is 4.95. The van der Waals surface area contributed by atoms with E-state index in [1.54, 1.807) is 18.6 Å². The zero-order chi connectivity index (χ0) is 11.8. The van der Waals surface area contributed by atoms with Gasteiger partial charge in [-0.2, -0.15) is 0 Å². The van der Waals surface area contributed by atoms with Gasteiger partial charge in [-0.3, -0.25) is 4.79 Å². The van der Waals surface area contributed by atoms with Crippen LogP contribution in [0.4, 0.5) is 0 Å². The van der Waals surface area contributed by atoms with Crippen LogP contribution in [-0.4, -0.2) is 20.7 Å². The molecule has 0 aliphatic heterocycles. The summed E-state index contributed by atoms with van der Waals surface area (Å²) in [5.41, 5.74) is 1.35. The van der Waals surface area contributed by atoms with Gasteiger partial charge in [-0.1, -0.05) is 0 Å². The fourth-order valence-corrected chi connectivity index (χ4v) is 2.85. The Morgan fingerprint density at radius 1 is 1.41 bits per heavy atom. The van der Waals surface area contributed by atoms with E-state index in [4.69, 9.17) is 0 Å². The lowest BCUT2D eigenvalue weighted by molar-refractivity contribution is 0.104. The second-order valence-corrected chi connectivity index (χ2v) is 5.72. The highest BCUT2D eigenvalue weighted by atomic mass is 79.9. The number of fused-ring (bicyclic) bond motifs is 1. The van der Waals surface area contributed by atoms with Crippen molar-refractivity contribution in [3.8, 4) is 0 Å². The van der Waals surface area contributed by atoms with Crippen LogP contribution in [0.15, 0.2) is 34.6 Å². The third-order valence-electron chi connectivity index (χ3n) is 2.40. The summed E-state index contributed by atoms with van der Waals surface area (Å²) in [6.45, 7) is 0. The molecule has 17 heavy (non-hydrogen) atoms. The number of nitrogens with one attached hydrogen (secondary N) is 1. The Balaban J connectivity index is 2.13. The summed E-state index contributed by atoms with van der Waals surface area (Å²) >= 11 is 4.57. The molecule has 0 spiro atoms. The maximum absolute atomic E-state index is 12.2. The third kappa shape index (κ3) is 1.79. The van der Waals surface area contributed by atoms with Crippen molar-refractivity contribution in [3.05, 3.63) is 45.1 Å². The molecular formula is C11H6BrN3OS. The van der Waals surface area contributed by atoms with Gasteiger partial charge in [-0.25, -0.2) is 9.97 Å². The number of aromatic nitrogens is 3. The molecule has 0 aromatic carbocycles. The molecule has 0 atom stereocenters. The SMILES string of the molecule is O=C(c1cnc(Br)s1)c1c[nH]c2ncccc12. The molecule has 0 unspecified atom stereocenters. The molecule has 3 rings (SSSR count). The second-order valence-electron chi connectivity index (χ2n) is 3.41. The molecule has 3 aromatic rings. The smallest absolute Gasteiger partial charge is 0.206 e. The van der Waals surface area contributed by atoms with E-state index in [0.717, 1.165) is 11.0 Å². The minimum Gasteiger partial charge on any atom is -0.345 e. The number of carbonyl (C=O) groups is 1. The van der Waals surface area contributed by atoms with Gasteiger partial charge in [0.25, 0.3) is 0 Å². The molecular weight excluding hydrogens is 302 g/mol. The quantitative estimate of drug-likeness (QED) is 0.740. The zero-order valence-corrected chi connectivity index (χ0v) is 10.9. The van der Waals surface area contributed by atoms with Crippen molar-refractivity contribution >= 4 is 44.1 Å². The van der Waals surface area contributed by atoms with Crippen molar-refractivity contribution < 1.29 is 4.79 Å². The molecule has 3 aromatic heterocycles. The van der Waals surface area contributed by atoms with Gasteiger partial charge in [0.05, 0.1) is 16.6 Å². The van der Waals surface area contributed by atoms with Gasteiger partial charge in [0.15, 0.2) is 3.92 Å². The van der Waals surface area contributed by atoms with E-state index in [2.05, 4.69) is 30.9 Å². The molecule has 0 saturated carbocycles. The van der Waals surface area contributed by atoms with Crippen molar-refractivity contribution in [1.29, 1.82) is 0 Å². The van der Waals surface area contributed by atoms with Crippen LogP contribution >= 0.6 is 27.3 Å². The van der Waals surface area contributed by atoms with E-state index in [1.165, 1.54) is 11.3 Å². The summed E-state index contributed by atoms with van der Waals surface area (Å²) in [4.78, 5) is 24.0. The topological polar surface area (TPSA) is 58.6 Å². The molecule has 0 aliphatic rings. The van der Waals surface area contributed by atoms with Crippen LogP contribution in [0.1, 0.15) is 15.2 Å². The average molecular weight is 308 g/mol. The number of aromatic amines is 1. The molecule has 1 N–H and O–H groups in total. The summed E-state index contributed by atoms with van der Waals surface area (Å²) in [7, 11) is 0. The number of rotatable bonds is 2. The summed E-state index contributed by atoms with van der Waals surface area (Å²) in [5.74, 6) is -0.0348. The number of H-pyrrole nitrogens is 1. The van der Waals surface area contributed by atoms with E-state index in [0.29, 0.717) is 14.4 Å². The molecule has 84 valence electrons. The molecule has 0 amide bonds. The highest BCUT2D eigenvalue weighted by Crippen LogP contribution is 2.24. The van der Waals surface area contributed by atoms with E-state index in [-0.39, 0.29) is 5.78 Å².